The third-order valence-corrected chi connectivity index (χ3v) is 4.65. The lowest BCUT2D eigenvalue weighted by molar-refractivity contribution is 0.605. The second-order valence-electron chi connectivity index (χ2n) is 7.20. The van der Waals surface area contributed by atoms with Crippen molar-refractivity contribution in [3.05, 3.63) is 70.3 Å². The summed E-state index contributed by atoms with van der Waals surface area (Å²) in [5.41, 5.74) is 2.47. The van der Waals surface area contributed by atoms with Crippen molar-refractivity contribution < 1.29 is 0 Å². The average molecular weight is 346 g/mol. The smallest absolute Gasteiger partial charge is 0.267 e. The van der Waals surface area contributed by atoms with Gasteiger partial charge >= 0.3 is 0 Å². The molecule has 0 N–H and O–H groups in total. The van der Waals surface area contributed by atoms with Crippen molar-refractivity contribution in [3.8, 4) is 0 Å². The number of hydrogen-bond acceptors (Lipinski definition) is 3. The van der Waals surface area contributed by atoms with Crippen LogP contribution in [0.2, 0.25) is 0 Å². The number of aromatic nitrogens is 4. The summed E-state index contributed by atoms with van der Waals surface area (Å²) in [6.45, 7) is 4.93. The van der Waals surface area contributed by atoms with Crippen LogP contribution in [-0.4, -0.2) is 19.6 Å². The first kappa shape index (κ1) is 16.5. The molecule has 0 aliphatic rings. The molecule has 132 valence electrons. The molecule has 0 fully saturated rings. The maximum atomic E-state index is 12.5. The largest absolute Gasteiger partial charge is 0.294 e. The highest BCUT2D eigenvalue weighted by molar-refractivity contribution is 5.85. The molecule has 5 nitrogen and oxygen atoms in total. The lowest BCUT2D eigenvalue weighted by Crippen LogP contribution is -2.22. The Labute approximate surface area is 151 Å². The van der Waals surface area contributed by atoms with Crippen molar-refractivity contribution in [1.29, 1.82) is 0 Å². The van der Waals surface area contributed by atoms with Gasteiger partial charge in [0.25, 0.3) is 5.56 Å². The van der Waals surface area contributed by atoms with Gasteiger partial charge in [0, 0.05) is 18.6 Å². The second kappa shape index (κ2) is 6.41. The van der Waals surface area contributed by atoms with Crippen molar-refractivity contribution >= 4 is 21.7 Å². The first-order valence-electron chi connectivity index (χ1n) is 8.93. The molecule has 2 aromatic heterocycles. The van der Waals surface area contributed by atoms with Gasteiger partial charge in [-0.2, -0.15) is 10.2 Å². The summed E-state index contributed by atoms with van der Waals surface area (Å²) >= 11 is 0. The van der Waals surface area contributed by atoms with E-state index < -0.39 is 0 Å². The van der Waals surface area contributed by atoms with Gasteiger partial charge in [-0.3, -0.25) is 9.48 Å². The predicted octanol–water partition coefficient (Wildman–Crippen LogP) is 3.53. The quantitative estimate of drug-likeness (QED) is 0.568. The van der Waals surface area contributed by atoms with Crippen molar-refractivity contribution in [2.45, 2.75) is 26.8 Å². The molecule has 0 aliphatic carbocycles. The van der Waals surface area contributed by atoms with Crippen molar-refractivity contribution in [1.82, 2.24) is 19.6 Å². The van der Waals surface area contributed by atoms with E-state index >= 15 is 0 Å². The molecule has 0 unspecified atom stereocenters. The first-order valence-corrected chi connectivity index (χ1v) is 8.93. The Kier molecular flexibility index (Phi) is 4.07. The Morgan fingerprint density at radius 1 is 1.00 bits per heavy atom. The van der Waals surface area contributed by atoms with E-state index in [1.54, 1.807) is 7.05 Å². The van der Waals surface area contributed by atoms with E-state index in [1.165, 1.54) is 21.0 Å². The zero-order valence-corrected chi connectivity index (χ0v) is 15.3. The molecule has 5 heteroatoms. The highest BCUT2D eigenvalue weighted by Crippen LogP contribution is 2.21. The van der Waals surface area contributed by atoms with Gasteiger partial charge in [-0.05, 0) is 28.7 Å². The van der Waals surface area contributed by atoms with E-state index in [2.05, 4.69) is 54.4 Å². The molecule has 26 heavy (non-hydrogen) atoms. The Bertz CT molecular complexity index is 1150. The van der Waals surface area contributed by atoms with Crippen LogP contribution in [0.4, 0.5) is 0 Å². The maximum absolute atomic E-state index is 12.5. The fourth-order valence-corrected chi connectivity index (χ4v) is 3.45. The molecular formula is C21H22N4O. The third kappa shape index (κ3) is 2.90. The minimum atomic E-state index is -0.149. The lowest BCUT2D eigenvalue weighted by Gasteiger charge is -2.06. The van der Waals surface area contributed by atoms with Gasteiger partial charge in [0.1, 0.15) is 0 Å². The van der Waals surface area contributed by atoms with E-state index in [1.807, 2.05) is 23.0 Å². The topological polar surface area (TPSA) is 52.7 Å². The van der Waals surface area contributed by atoms with Crippen molar-refractivity contribution in [3.63, 3.8) is 0 Å². The summed E-state index contributed by atoms with van der Waals surface area (Å²) in [6.07, 6.45) is 2.79. The number of benzene rings is 2. The number of rotatable bonds is 4. The van der Waals surface area contributed by atoms with E-state index in [0.717, 1.165) is 17.5 Å². The van der Waals surface area contributed by atoms with Crippen LogP contribution in [0.1, 0.15) is 25.1 Å². The summed E-state index contributed by atoms with van der Waals surface area (Å²) in [5, 5.41) is 12.3. The standard InChI is InChI=1S/C21H22N4O/c1-14(2)11-19-18-13-25(23-20(18)21(26)24(3)22-19)12-16-9-6-8-15-7-4-5-10-17(15)16/h4-10,13-14H,11-12H2,1-3H3. The predicted molar refractivity (Wildman–Crippen MR) is 104 cm³/mol. The molecular weight excluding hydrogens is 324 g/mol. The molecule has 0 spiro atoms. The Hall–Kier alpha value is -2.95. The number of aryl methyl sites for hydroxylation is 1. The molecule has 0 saturated carbocycles. The van der Waals surface area contributed by atoms with Crippen LogP contribution in [-0.2, 0) is 20.0 Å². The molecule has 4 rings (SSSR count). The van der Waals surface area contributed by atoms with Crippen LogP contribution in [0, 0.1) is 5.92 Å². The fraction of sp³-hybridized carbons (Fsp3) is 0.286. The molecule has 0 radical (unpaired) electrons. The minimum Gasteiger partial charge on any atom is -0.267 e. The minimum absolute atomic E-state index is 0.149. The molecule has 0 aliphatic heterocycles. The fourth-order valence-electron chi connectivity index (χ4n) is 3.45. The second-order valence-corrected chi connectivity index (χ2v) is 7.20. The van der Waals surface area contributed by atoms with Crippen LogP contribution in [0.25, 0.3) is 21.7 Å². The van der Waals surface area contributed by atoms with Gasteiger partial charge in [0.05, 0.1) is 12.2 Å². The molecule has 4 aromatic rings. The number of nitrogens with zero attached hydrogens (tertiary/aromatic N) is 4. The van der Waals surface area contributed by atoms with Gasteiger partial charge in [-0.15, -0.1) is 0 Å². The molecule has 0 bridgehead atoms. The molecule has 2 heterocycles. The van der Waals surface area contributed by atoms with Gasteiger partial charge < -0.3 is 0 Å². The maximum Gasteiger partial charge on any atom is 0.294 e. The van der Waals surface area contributed by atoms with Crippen LogP contribution in [0.3, 0.4) is 0 Å². The zero-order chi connectivity index (χ0) is 18.3. The zero-order valence-electron chi connectivity index (χ0n) is 15.3. The SMILES string of the molecule is CC(C)Cc1nn(C)c(=O)c2nn(Cc3cccc4ccccc34)cc12. The van der Waals surface area contributed by atoms with E-state index in [4.69, 9.17) is 0 Å². The Morgan fingerprint density at radius 3 is 2.58 bits per heavy atom. The molecule has 0 amide bonds. The van der Waals surface area contributed by atoms with Crippen LogP contribution < -0.4 is 5.56 Å². The van der Waals surface area contributed by atoms with Gasteiger partial charge in [0.15, 0.2) is 5.52 Å². The highest BCUT2D eigenvalue weighted by Gasteiger charge is 2.15. The van der Waals surface area contributed by atoms with E-state index in [0.29, 0.717) is 18.0 Å². The average Bonchev–Trinajstić information content (AvgIpc) is 3.04. The van der Waals surface area contributed by atoms with E-state index in [-0.39, 0.29) is 5.56 Å². The number of hydrogen-bond donors (Lipinski definition) is 0. The Morgan fingerprint density at radius 2 is 1.77 bits per heavy atom. The van der Waals surface area contributed by atoms with E-state index in [9.17, 15) is 4.79 Å². The first-order chi connectivity index (χ1) is 12.5. The normalized spacial score (nSPS) is 11.7. The summed E-state index contributed by atoms with van der Waals surface area (Å²) in [6, 6.07) is 14.6. The van der Waals surface area contributed by atoms with Crippen LogP contribution in [0.5, 0.6) is 0 Å². The molecule has 0 atom stereocenters. The summed E-state index contributed by atoms with van der Waals surface area (Å²) in [5.74, 6) is 0.463. The molecule has 0 saturated heterocycles. The lowest BCUT2D eigenvalue weighted by atomic mass is 10.0. The highest BCUT2D eigenvalue weighted by atomic mass is 16.1. The summed E-state index contributed by atoms with van der Waals surface area (Å²) in [4.78, 5) is 12.5. The monoisotopic (exact) mass is 346 g/mol. The number of fused-ring (bicyclic) bond motifs is 2. The van der Waals surface area contributed by atoms with Crippen molar-refractivity contribution in [2.24, 2.45) is 13.0 Å². The van der Waals surface area contributed by atoms with Gasteiger partial charge in [-0.1, -0.05) is 56.3 Å². The van der Waals surface area contributed by atoms with Gasteiger partial charge in [-0.25, -0.2) is 4.68 Å². The third-order valence-electron chi connectivity index (χ3n) is 4.65. The van der Waals surface area contributed by atoms with Crippen molar-refractivity contribution in [2.75, 3.05) is 0 Å². The summed E-state index contributed by atoms with van der Waals surface area (Å²) < 4.78 is 3.26. The van der Waals surface area contributed by atoms with Gasteiger partial charge in [0.2, 0.25) is 0 Å². The molecule has 2 aromatic carbocycles. The van der Waals surface area contributed by atoms with Crippen LogP contribution in [0.15, 0.2) is 53.5 Å². The van der Waals surface area contributed by atoms with Crippen LogP contribution >= 0.6 is 0 Å². The Balaban J connectivity index is 1.82. The summed E-state index contributed by atoms with van der Waals surface area (Å²) in [7, 11) is 1.69.